The van der Waals surface area contributed by atoms with E-state index in [9.17, 15) is 8.78 Å². The summed E-state index contributed by atoms with van der Waals surface area (Å²) in [5.74, 6) is 4.42. The monoisotopic (exact) mass is 272 g/mol. The van der Waals surface area contributed by atoms with Gasteiger partial charge in [0.25, 0.3) is 0 Å². The molecule has 108 valence electrons. The van der Waals surface area contributed by atoms with Crippen LogP contribution in [0.1, 0.15) is 32.8 Å². The van der Waals surface area contributed by atoms with Crippen LogP contribution < -0.4 is 11.3 Å². The Kier molecular flexibility index (Phi) is 5.85. The van der Waals surface area contributed by atoms with Crippen LogP contribution in [0.15, 0.2) is 18.2 Å². The zero-order valence-electron chi connectivity index (χ0n) is 11.7. The lowest BCUT2D eigenvalue weighted by atomic mass is 9.88. The molecule has 1 rings (SSSR count). The minimum absolute atomic E-state index is 0.0322. The molecule has 0 saturated heterocycles. The number of hydrogen-bond donors (Lipinski definition) is 2. The van der Waals surface area contributed by atoms with Gasteiger partial charge in [-0.1, -0.05) is 13.0 Å². The molecule has 1 aromatic rings. The van der Waals surface area contributed by atoms with Crippen LogP contribution in [0.2, 0.25) is 0 Å². The molecule has 0 saturated carbocycles. The first kappa shape index (κ1) is 16.0. The Morgan fingerprint density at radius 3 is 2.32 bits per heavy atom. The Hall–Kier alpha value is -1.04. The van der Waals surface area contributed by atoms with Gasteiger partial charge in [-0.3, -0.25) is 11.3 Å². The molecule has 19 heavy (non-hydrogen) atoms. The quantitative estimate of drug-likeness (QED) is 0.592. The van der Waals surface area contributed by atoms with Crippen molar-refractivity contribution >= 4 is 0 Å². The number of ether oxygens (including phenoxy) is 1. The van der Waals surface area contributed by atoms with Crippen molar-refractivity contribution in [3.05, 3.63) is 35.4 Å². The van der Waals surface area contributed by atoms with Crippen LogP contribution in [0.3, 0.4) is 0 Å². The summed E-state index contributed by atoms with van der Waals surface area (Å²) in [5, 5.41) is 0. The normalized spacial score (nSPS) is 16.1. The van der Waals surface area contributed by atoms with Gasteiger partial charge in [-0.15, -0.1) is 0 Å². The summed E-state index contributed by atoms with van der Waals surface area (Å²) in [5.41, 5.74) is 2.08. The molecule has 5 heteroatoms. The number of rotatable bonds is 7. The fraction of sp³-hybridized carbons (Fsp3) is 0.571. The summed E-state index contributed by atoms with van der Waals surface area (Å²) in [6.07, 6.45) is 0.825. The van der Waals surface area contributed by atoms with Crippen LogP contribution in [0, 0.1) is 11.6 Å². The van der Waals surface area contributed by atoms with Gasteiger partial charge in [0.2, 0.25) is 0 Å². The fourth-order valence-corrected chi connectivity index (χ4v) is 2.16. The van der Waals surface area contributed by atoms with E-state index >= 15 is 0 Å². The molecule has 0 aromatic heterocycles. The minimum Gasteiger partial charge on any atom is -0.374 e. The van der Waals surface area contributed by atoms with E-state index in [0.717, 1.165) is 0 Å². The highest BCUT2D eigenvalue weighted by Crippen LogP contribution is 2.24. The van der Waals surface area contributed by atoms with E-state index in [-0.39, 0.29) is 18.0 Å². The second-order valence-corrected chi connectivity index (χ2v) is 4.72. The first-order chi connectivity index (χ1) is 8.98. The molecule has 3 nitrogen and oxygen atoms in total. The first-order valence-electron chi connectivity index (χ1n) is 6.51. The summed E-state index contributed by atoms with van der Waals surface area (Å²) in [4.78, 5) is 0. The Bertz CT molecular complexity index is 394. The van der Waals surface area contributed by atoms with Crippen molar-refractivity contribution in [3.63, 3.8) is 0 Å². The van der Waals surface area contributed by atoms with Crippen molar-refractivity contribution in [1.29, 1.82) is 0 Å². The summed E-state index contributed by atoms with van der Waals surface area (Å²) < 4.78 is 33.0. The van der Waals surface area contributed by atoms with Gasteiger partial charge in [0, 0.05) is 12.2 Å². The highest BCUT2D eigenvalue weighted by Gasteiger charge is 2.33. The highest BCUT2D eigenvalue weighted by molar-refractivity contribution is 5.21. The van der Waals surface area contributed by atoms with Crippen molar-refractivity contribution in [2.75, 3.05) is 6.61 Å². The Morgan fingerprint density at radius 1 is 1.32 bits per heavy atom. The summed E-state index contributed by atoms with van der Waals surface area (Å²) in [6.45, 7) is 6.24. The topological polar surface area (TPSA) is 47.3 Å². The maximum Gasteiger partial charge on any atom is 0.129 e. The third-order valence-electron chi connectivity index (χ3n) is 3.58. The molecule has 0 aliphatic carbocycles. The van der Waals surface area contributed by atoms with Crippen LogP contribution in [-0.4, -0.2) is 18.2 Å². The van der Waals surface area contributed by atoms with E-state index < -0.39 is 17.2 Å². The molecule has 2 atom stereocenters. The lowest BCUT2D eigenvalue weighted by Crippen LogP contribution is -2.54. The van der Waals surface area contributed by atoms with Gasteiger partial charge in [0.05, 0.1) is 11.6 Å². The molecule has 0 aliphatic heterocycles. The molecular weight excluding hydrogens is 250 g/mol. The lowest BCUT2D eigenvalue weighted by molar-refractivity contribution is -0.0553. The average Bonchev–Trinajstić information content (AvgIpc) is 2.38. The van der Waals surface area contributed by atoms with Crippen molar-refractivity contribution in [1.82, 2.24) is 5.43 Å². The molecule has 2 unspecified atom stereocenters. The summed E-state index contributed by atoms with van der Waals surface area (Å²) >= 11 is 0. The lowest BCUT2D eigenvalue weighted by Gasteiger charge is -2.36. The predicted molar refractivity (Wildman–Crippen MR) is 71.5 cm³/mol. The van der Waals surface area contributed by atoms with Gasteiger partial charge in [-0.2, -0.15) is 0 Å². The number of nitrogens with two attached hydrogens (primary N) is 1. The predicted octanol–water partition coefficient (Wildman–Crippen LogP) is 2.54. The first-order valence-corrected chi connectivity index (χ1v) is 6.51. The average molecular weight is 272 g/mol. The van der Waals surface area contributed by atoms with Crippen LogP contribution in [0.5, 0.6) is 0 Å². The van der Waals surface area contributed by atoms with E-state index in [1.807, 2.05) is 20.8 Å². The number of hydrogen-bond acceptors (Lipinski definition) is 3. The van der Waals surface area contributed by atoms with Crippen molar-refractivity contribution in [2.24, 2.45) is 5.84 Å². The van der Waals surface area contributed by atoms with Crippen LogP contribution in [0.25, 0.3) is 0 Å². The number of nitrogens with one attached hydrogen (secondary N) is 1. The van der Waals surface area contributed by atoms with Gasteiger partial charge < -0.3 is 4.74 Å². The van der Waals surface area contributed by atoms with Crippen LogP contribution in [0.4, 0.5) is 8.78 Å². The van der Waals surface area contributed by atoms with Gasteiger partial charge in [0.1, 0.15) is 11.6 Å². The maximum absolute atomic E-state index is 13.7. The largest absolute Gasteiger partial charge is 0.374 e. The molecule has 0 radical (unpaired) electrons. The van der Waals surface area contributed by atoms with Gasteiger partial charge in [-0.05, 0) is 38.8 Å². The minimum atomic E-state index is -0.571. The fourth-order valence-electron chi connectivity index (χ4n) is 2.16. The number of halogens is 2. The van der Waals surface area contributed by atoms with E-state index in [0.29, 0.717) is 13.0 Å². The van der Waals surface area contributed by atoms with Gasteiger partial charge in [-0.25, -0.2) is 8.78 Å². The third kappa shape index (κ3) is 3.72. The highest BCUT2D eigenvalue weighted by atomic mass is 19.1. The number of benzene rings is 1. The smallest absolute Gasteiger partial charge is 0.129 e. The van der Waals surface area contributed by atoms with Crippen LogP contribution in [-0.2, 0) is 11.2 Å². The molecule has 0 bridgehead atoms. The van der Waals surface area contributed by atoms with E-state index in [4.69, 9.17) is 10.6 Å². The van der Waals surface area contributed by atoms with Gasteiger partial charge >= 0.3 is 0 Å². The molecule has 0 aliphatic rings. The Labute approximate surface area is 113 Å². The van der Waals surface area contributed by atoms with E-state index in [1.165, 1.54) is 18.2 Å². The van der Waals surface area contributed by atoms with Crippen molar-refractivity contribution < 1.29 is 13.5 Å². The maximum atomic E-state index is 13.7. The van der Waals surface area contributed by atoms with Crippen molar-refractivity contribution in [3.8, 4) is 0 Å². The molecule has 0 fully saturated rings. The number of hydrazine groups is 1. The second-order valence-electron chi connectivity index (χ2n) is 4.72. The molecule has 1 aromatic carbocycles. The second kappa shape index (κ2) is 6.93. The van der Waals surface area contributed by atoms with Gasteiger partial charge in [0.15, 0.2) is 0 Å². The van der Waals surface area contributed by atoms with Crippen LogP contribution >= 0.6 is 0 Å². The zero-order valence-corrected chi connectivity index (χ0v) is 11.7. The molecule has 0 heterocycles. The molecule has 0 amide bonds. The SMILES string of the molecule is CCOC(C)(CC)C(Cc1c(F)cccc1F)NN. The Morgan fingerprint density at radius 2 is 1.89 bits per heavy atom. The summed E-state index contributed by atoms with van der Waals surface area (Å²) in [6, 6.07) is 3.47. The third-order valence-corrected chi connectivity index (χ3v) is 3.58. The van der Waals surface area contributed by atoms with Crippen molar-refractivity contribution in [2.45, 2.75) is 45.3 Å². The summed E-state index contributed by atoms with van der Waals surface area (Å²) in [7, 11) is 0. The molecule has 3 N–H and O–H groups in total. The van der Waals surface area contributed by atoms with E-state index in [2.05, 4.69) is 5.43 Å². The molecular formula is C14H22F2N2O. The molecule has 0 spiro atoms. The standard InChI is InChI=1S/C14H22F2N2O/c1-4-14(3,19-5-2)13(18-17)9-10-11(15)7-6-8-12(10)16/h6-8,13,18H,4-5,9,17H2,1-3H3. The van der Waals surface area contributed by atoms with E-state index in [1.54, 1.807) is 0 Å². The zero-order chi connectivity index (χ0) is 14.5. The Balaban J connectivity index is 2.99.